The summed E-state index contributed by atoms with van der Waals surface area (Å²) in [7, 11) is 0. The average Bonchev–Trinajstić information content (AvgIpc) is 2.37. The molecule has 1 fully saturated rings. The molecular weight excluding hydrogens is 371 g/mol. The van der Waals surface area contributed by atoms with E-state index in [0.29, 0.717) is 37.6 Å². The highest BCUT2D eigenvalue weighted by molar-refractivity contribution is 14.0. The molecule has 118 valence electrons. The first-order valence-electron chi connectivity index (χ1n) is 7.01. The smallest absolute Gasteiger partial charge is 0.409 e. The molecule has 1 rings (SSSR count). The van der Waals surface area contributed by atoms with E-state index in [1.54, 1.807) is 4.90 Å². The maximum Gasteiger partial charge on any atom is 0.409 e. The summed E-state index contributed by atoms with van der Waals surface area (Å²) in [6.07, 6.45) is 1.52. The fourth-order valence-corrected chi connectivity index (χ4v) is 1.96. The molecule has 0 aromatic heterocycles. The molecule has 1 saturated heterocycles. The molecule has 0 aromatic rings. The standard InChI is InChI=1S/C13H26N4O2.HI/c1-4-19-13(18)17-7-5-11(6-8-17)16-12(14)15-9-10(2)3;/h10-11H,4-9H2,1-3H3,(H3,14,15,16);1H. The number of nitrogens with one attached hydrogen (secondary N) is 1. The van der Waals surface area contributed by atoms with Gasteiger partial charge in [0.2, 0.25) is 0 Å². The third-order valence-corrected chi connectivity index (χ3v) is 3.00. The summed E-state index contributed by atoms with van der Waals surface area (Å²) in [6.45, 7) is 8.59. The largest absolute Gasteiger partial charge is 0.450 e. The fraction of sp³-hybridized carbons (Fsp3) is 0.846. The number of halogens is 1. The molecule has 6 nitrogen and oxygen atoms in total. The van der Waals surface area contributed by atoms with Gasteiger partial charge in [-0.15, -0.1) is 24.0 Å². The Kier molecular flexibility index (Phi) is 9.70. The van der Waals surface area contributed by atoms with Crippen molar-refractivity contribution in [1.29, 1.82) is 0 Å². The van der Waals surface area contributed by atoms with Crippen molar-refractivity contribution >= 4 is 36.0 Å². The lowest BCUT2D eigenvalue weighted by Crippen LogP contribution is -2.48. The number of carbonyl (C=O) groups is 1. The van der Waals surface area contributed by atoms with Gasteiger partial charge in [0, 0.05) is 25.7 Å². The van der Waals surface area contributed by atoms with Crippen LogP contribution in [0.4, 0.5) is 4.79 Å². The van der Waals surface area contributed by atoms with E-state index in [0.717, 1.165) is 19.4 Å². The monoisotopic (exact) mass is 398 g/mol. The number of amides is 1. The first-order chi connectivity index (χ1) is 9.02. The van der Waals surface area contributed by atoms with Gasteiger partial charge in [0.25, 0.3) is 0 Å². The lowest BCUT2D eigenvalue weighted by atomic mass is 10.1. The minimum absolute atomic E-state index is 0. The van der Waals surface area contributed by atoms with Gasteiger partial charge in [0.15, 0.2) is 5.96 Å². The molecule has 0 aromatic carbocycles. The van der Waals surface area contributed by atoms with Gasteiger partial charge in [0.1, 0.15) is 0 Å². The number of hydrogen-bond acceptors (Lipinski definition) is 3. The van der Waals surface area contributed by atoms with Crippen molar-refractivity contribution in [3.05, 3.63) is 0 Å². The van der Waals surface area contributed by atoms with Crippen LogP contribution in [0.25, 0.3) is 0 Å². The molecule has 7 heteroatoms. The normalized spacial score (nSPS) is 16.8. The van der Waals surface area contributed by atoms with Crippen LogP contribution in [0, 0.1) is 5.92 Å². The summed E-state index contributed by atoms with van der Waals surface area (Å²) in [5.74, 6) is 1.01. The Morgan fingerprint density at radius 1 is 1.45 bits per heavy atom. The van der Waals surface area contributed by atoms with Crippen molar-refractivity contribution in [2.45, 2.75) is 39.7 Å². The number of rotatable bonds is 4. The number of ether oxygens (including phenoxy) is 1. The Hall–Kier alpha value is -0.730. The summed E-state index contributed by atoms with van der Waals surface area (Å²) in [6, 6.07) is 0.293. The van der Waals surface area contributed by atoms with Crippen LogP contribution in [-0.4, -0.2) is 49.2 Å². The SMILES string of the molecule is CCOC(=O)N1CCC(NC(N)=NCC(C)C)CC1.I. The predicted octanol–water partition coefficient (Wildman–Crippen LogP) is 1.79. The van der Waals surface area contributed by atoms with E-state index >= 15 is 0 Å². The van der Waals surface area contributed by atoms with Crippen LogP contribution < -0.4 is 11.1 Å². The van der Waals surface area contributed by atoms with Crippen LogP contribution in [0.2, 0.25) is 0 Å². The topological polar surface area (TPSA) is 80.0 Å². The summed E-state index contributed by atoms with van der Waals surface area (Å²) in [5, 5.41) is 3.21. The molecule has 0 spiro atoms. The van der Waals surface area contributed by atoms with Gasteiger partial charge in [0.05, 0.1) is 6.61 Å². The zero-order chi connectivity index (χ0) is 14.3. The molecule has 0 unspecified atom stereocenters. The molecular formula is C13H27IN4O2. The maximum absolute atomic E-state index is 11.5. The van der Waals surface area contributed by atoms with Gasteiger partial charge >= 0.3 is 6.09 Å². The van der Waals surface area contributed by atoms with Gasteiger partial charge in [-0.25, -0.2) is 4.79 Å². The highest BCUT2D eigenvalue weighted by atomic mass is 127. The number of guanidine groups is 1. The van der Waals surface area contributed by atoms with E-state index < -0.39 is 0 Å². The molecule has 0 atom stereocenters. The molecule has 1 aliphatic rings. The fourth-order valence-electron chi connectivity index (χ4n) is 1.96. The number of hydrogen-bond donors (Lipinski definition) is 2. The number of aliphatic imine (C=N–C) groups is 1. The third-order valence-electron chi connectivity index (χ3n) is 3.00. The minimum atomic E-state index is -0.220. The number of piperidine rings is 1. The summed E-state index contributed by atoms with van der Waals surface area (Å²) >= 11 is 0. The highest BCUT2D eigenvalue weighted by Gasteiger charge is 2.23. The molecule has 0 saturated carbocycles. The molecule has 0 aliphatic carbocycles. The number of nitrogens with two attached hydrogens (primary N) is 1. The van der Waals surface area contributed by atoms with E-state index in [4.69, 9.17) is 10.5 Å². The van der Waals surface area contributed by atoms with Crippen LogP contribution in [0.1, 0.15) is 33.6 Å². The van der Waals surface area contributed by atoms with Crippen molar-refractivity contribution in [2.75, 3.05) is 26.2 Å². The first-order valence-corrected chi connectivity index (χ1v) is 7.01. The van der Waals surface area contributed by atoms with Crippen molar-refractivity contribution < 1.29 is 9.53 Å². The van der Waals surface area contributed by atoms with E-state index in [9.17, 15) is 4.79 Å². The van der Waals surface area contributed by atoms with E-state index in [2.05, 4.69) is 24.2 Å². The van der Waals surface area contributed by atoms with Crippen LogP contribution in [0.3, 0.4) is 0 Å². The Bertz CT molecular complexity index is 315. The van der Waals surface area contributed by atoms with Crippen molar-refractivity contribution in [3.63, 3.8) is 0 Å². The maximum atomic E-state index is 11.5. The molecule has 1 heterocycles. The summed E-state index contributed by atoms with van der Waals surface area (Å²) in [4.78, 5) is 17.6. The average molecular weight is 398 g/mol. The third kappa shape index (κ3) is 7.16. The number of likely N-dealkylation sites (tertiary alicyclic amines) is 1. The summed E-state index contributed by atoms with van der Waals surface area (Å²) in [5.41, 5.74) is 5.83. The van der Waals surface area contributed by atoms with Crippen LogP contribution in [0.5, 0.6) is 0 Å². The van der Waals surface area contributed by atoms with Gasteiger partial charge in [-0.2, -0.15) is 0 Å². The van der Waals surface area contributed by atoms with E-state index in [-0.39, 0.29) is 30.1 Å². The predicted molar refractivity (Wildman–Crippen MR) is 91.5 cm³/mol. The molecule has 0 bridgehead atoms. The molecule has 1 aliphatic heterocycles. The Morgan fingerprint density at radius 3 is 2.55 bits per heavy atom. The first kappa shape index (κ1) is 19.3. The molecule has 1 amide bonds. The second-order valence-corrected chi connectivity index (χ2v) is 5.22. The number of carbonyl (C=O) groups excluding carboxylic acids is 1. The van der Waals surface area contributed by atoms with Gasteiger partial charge in [-0.05, 0) is 25.7 Å². The van der Waals surface area contributed by atoms with Crippen molar-refractivity contribution in [1.82, 2.24) is 10.2 Å². The Morgan fingerprint density at radius 2 is 2.05 bits per heavy atom. The zero-order valence-corrected chi connectivity index (χ0v) is 14.9. The highest BCUT2D eigenvalue weighted by Crippen LogP contribution is 2.11. The van der Waals surface area contributed by atoms with Gasteiger partial charge < -0.3 is 20.7 Å². The quantitative estimate of drug-likeness (QED) is 0.430. The molecule has 3 N–H and O–H groups in total. The van der Waals surface area contributed by atoms with Gasteiger partial charge in [-0.1, -0.05) is 13.8 Å². The minimum Gasteiger partial charge on any atom is -0.450 e. The van der Waals surface area contributed by atoms with Crippen LogP contribution in [-0.2, 0) is 4.74 Å². The van der Waals surface area contributed by atoms with Crippen LogP contribution >= 0.6 is 24.0 Å². The van der Waals surface area contributed by atoms with Crippen molar-refractivity contribution in [3.8, 4) is 0 Å². The Labute approximate surface area is 138 Å². The van der Waals surface area contributed by atoms with E-state index in [1.807, 2.05) is 6.92 Å². The molecule has 20 heavy (non-hydrogen) atoms. The van der Waals surface area contributed by atoms with Crippen LogP contribution in [0.15, 0.2) is 4.99 Å². The Balaban J connectivity index is 0.00000361. The van der Waals surface area contributed by atoms with Crippen molar-refractivity contribution in [2.24, 2.45) is 16.6 Å². The lowest BCUT2D eigenvalue weighted by Gasteiger charge is -2.31. The van der Waals surface area contributed by atoms with E-state index in [1.165, 1.54) is 0 Å². The second kappa shape index (κ2) is 10.1. The molecule has 0 radical (unpaired) electrons. The lowest BCUT2D eigenvalue weighted by molar-refractivity contribution is 0.0963. The number of nitrogens with zero attached hydrogens (tertiary/aromatic N) is 2. The zero-order valence-electron chi connectivity index (χ0n) is 12.6. The second-order valence-electron chi connectivity index (χ2n) is 5.22. The van der Waals surface area contributed by atoms with Gasteiger partial charge in [-0.3, -0.25) is 4.99 Å². The summed E-state index contributed by atoms with van der Waals surface area (Å²) < 4.78 is 4.98.